The summed E-state index contributed by atoms with van der Waals surface area (Å²) < 4.78 is 23.1. The zero-order valence-electron chi connectivity index (χ0n) is 12.5. The molecular formula is C16H20N2O2S. The Hall–Kier alpha value is -1.85. The Morgan fingerprint density at radius 2 is 1.57 bits per heavy atom. The molecule has 0 aromatic heterocycles. The summed E-state index contributed by atoms with van der Waals surface area (Å²) in [5.74, 6) is 0. The molecule has 0 unspecified atom stereocenters. The Kier molecular flexibility index (Phi) is 4.34. The van der Waals surface area contributed by atoms with Gasteiger partial charge in [-0.25, -0.2) is 13.6 Å². The van der Waals surface area contributed by atoms with Gasteiger partial charge in [0.2, 0.25) is 10.0 Å². The highest BCUT2D eigenvalue weighted by atomic mass is 32.2. The van der Waals surface area contributed by atoms with Crippen molar-refractivity contribution in [3.63, 3.8) is 0 Å². The molecule has 3 N–H and O–H groups in total. The van der Waals surface area contributed by atoms with Gasteiger partial charge in [-0.2, -0.15) is 0 Å². The number of rotatable bonds is 4. The van der Waals surface area contributed by atoms with Crippen molar-refractivity contribution < 1.29 is 8.42 Å². The van der Waals surface area contributed by atoms with E-state index in [2.05, 4.69) is 31.3 Å². The zero-order chi connectivity index (χ0) is 15.6. The minimum atomic E-state index is -3.70. The average molecular weight is 304 g/mol. The fraction of sp³-hybridized carbons (Fsp3) is 0.250. The third-order valence-corrected chi connectivity index (χ3v) is 4.75. The van der Waals surface area contributed by atoms with E-state index in [4.69, 9.17) is 5.14 Å². The lowest BCUT2D eigenvalue weighted by atomic mass is 10.0. The van der Waals surface area contributed by atoms with E-state index < -0.39 is 10.0 Å². The fourth-order valence-corrected chi connectivity index (χ4v) is 3.23. The summed E-state index contributed by atoms with van der Waals surface area (Å²) in [4.78, 5) is 0.161. The minimum absolute atomic E-state index is 0.161. The van der Waals surface area contributed by atoms with Crippen LogP contribution in [0.4, 0.5) is 5.69 Å². The number of hydrogen-bond donors (Lipinski definition) is 2. The Bertz CT molecular complexity index is 748. The Labute approximate surface area is 126 Å². The Morgan fingerprint density at radius 3 is 2.14 bits per heavy atom. The molecule has 0 aliphatic heterocycles. The predicted molar refractivity (Wildman–Crippen MR) is 85.8 cm³/mol. The smallest absolute Gasteiger partial charge is 0.238 e. The molecule has 112 valence electrons. The van der Waals surface area contributed by atoms with Gasteiger partial charge in [-0.15, -0.1) is 0 Å². The molecule has 0 spiro atoms. The van der Waals surface area contributed by atoms with Gasteiger partial charge in [0, 0.05) is 12.2 Å². The molecule has 0 radical (unpaired) electrons. The lowest BCUT2D eigenvalue weighted by Crippen LogP contribution is -2.14. The maximum absolute atomic E-state index is 11.5. The summed E-state index contributed by atoms with van der Waals surface area (Å²) in [6.07, 6.45) is 0. The molecule has 2 aromatic rings. The van der Waals surface area contributed by atoms with E-state index >= 15 is 0 Å². The van der Waals surface area contributed by atoms with Crippen LogP contribution in [-0.2, 0) is 16.6 Å². The average Bonchev–Trinajstić information content (AvgIpc) is 2.38. The second-order valence-electron chi connectivity index (χ2n) is 5.20. The number of benzene rings is 2. The van der Waals surface area contributed by atoms with Crippen molar-refractivity contribution in [1.82, 2.24) is 0 Å². The van der Waals surface area contributed by atoms with Crippen molar-refractivity contribution in [3.8, 4) is 0 Å². The third-order valence-electron chi connectivity index (χ3n) is 3.69. The number of nitrogens with one attached hydrogen (secondary N) is 1. The molecule has 0 saturated heterocycles. The lowest BCUT2D eigenvalue weighted by Gasteiger charge is -2.15. The summed E-state index contributed by atoms with van der Waals surface area (Å²) in [7, 11) is -3.70. The molecule has 2 rings (SSSR count). The highest BCUT2D eigenvalue weighted by Crippen LogP contribution is 2.23. The van der Waals surface area contributed by atoms with E-state index in [1.807, 2.05) is 12.1 Å². The van der Waals surface area contributed by atoms with Crippen LogP contribution >= 0.6 is 0 Å². The fourth-order valence-electron chi connectivity index (χ4n) is 2.43. The number of hydrogen-bond acceptors (Lipinski definition) is 3. The quantitative estimate of drug-likeness (QED) is 0.912. The first-order valence-corrected chi connectivity index (χ1v) is 8.26. The van der Waals surface area contributed by atoms with E-state index in [-0.39, 0.29) is 4.90 Å². The number of primary sulfonamides is 1. The molecule has 0 heterocycles. The molecule has 4 nitrogen and oxygen atoms in total. The van der Waals surface area contributed by atoms with E-state index in [1.165, 1.54) is 22.8 Å². The number of nitrogens with two attached hydrogens (primary N) is 1. The first-order chi connectivity index (χ1) is 9.80. The highest BCUT2D eigenvalue weighted by molar-refractivity contribution is 7.89. The van der Waals surface area contributed by atoms with Gasteiger partial charge in [-0.1, -0.05) is 24.3 Å². The number of sulfonamides is 1. The van der Waals surface area contributed by atoms with Gasteiger partial charge in [-0.3, -0.25) is 0 Å². The van der Waals surface area contributed by atoms with Gasteiger partial charge < -0.3 is 5.32 Å². The van der Waals surface area contributed by atoms with Crippen LogP contribution < -0.4 is 10.5 Å². The van der Waals surface area contributed by atoms with Gasteiger partial charge in [0.25, 0.3) is 0 Å². The molecule has 2 aromatic carbocycles. The highest BCUT2D eigenvalue weighted by Gasteiger charge is 2.13. The number of aryl methyl sites for hydroxylation is 2. The summed E-state index contributed by atoms with van der Waals surface area (Å²) in [5.41, 5.74) is 5.07. The molecule has 5 heteroatoms. The third kappa shape index (κ3) is 3.43. The van der Waals surface area contributed by atoms with Crippen molar-refractivity contribution in [1.29, 1.82) is 0 Å². The van der Waals surface area contributed by atoms with Crippen LogP contribution in [0, 0.1) is 20.8 Å². The van der Waals surface area contributed by atoms with E-state index in [0.29, 0.717) is 12.1 Å². The zero-order valence-corrected chi connectivity index (χ0v) is 13.3. The Morgan fingerprint density at radius 1 is 1.00 bits per heavy atom. The summed E-state index contributed by atoms with van der Waals surface area (Å²) in [6.45, 7) is 6.54. The largest absolute Gasteiger partial charge is 0.381 e. The first kappa shape index (κ1) is 15.5. The monoisotopic (exact) mass is 304 g/mol. The van der Waals surface area contributed by atoms with Gasteiger partial charge in [0.15, 0.2) is 0 Å². The van der Waals surface area contributed by atoms with Crippen LogP contribution in [0.2, 0.25) is 0 Å². The second kappa shape index (κ2) is 5.87. The molecular weight excluding hydrogens is 284 g/mol. The normalized spacial score (nSPS) is 11.4. The lowest BCUT2D eigenvalue weighted by molar-refractivity contribution is 0.597. The molecule has 0 amide bonds. The molecule has 0 aliphatic carbocycles. The Balaban J connectivity index is 2.30. The van der Waals surface area contributed by atoms with E-state index in [0.717, 1.165) is 5.69 Å². The van der Waals surface area contributed by atoms with Gasteiger partial charge in [0.1, 0.15) is 0 Å². The van der Waals surface area contributed by atoms with Gasteiger partial charge in [0.05, 0.1) is 4.90 Å². The summed E-state index contributed by atoms with van der Waals surface area (Å²) >= 11 is 0. The molecule has 0 aliphatic rings. The van der Waals surface area contributed by atoms with Crippen LogP contribution in [0.15, 0.2) is 41.3 Å². The molecule has 0 bridgehead atoms. The van der Waals surface area contributed by atoms with Crippen LogP contribution in [0.25, 0.3) is 0 Å². The van der Waals surface area contributed by atoms with Crippen molar-refractivity contribution >= 4 is 15.7 Å². The van der Waals surface area contributed by atoms with Crippen LogP contribution in [0.5, 0.6) is 0 Å². The SMILES string of the molecule is Cc1cccc(C)c1CNc1cccc(S(N)(=O)=O)c1C. The number of anilines is 1. The summed E-state index contributed by atoms with van der Waals surface area (Å²) in [6, 6.07) is 11.2. The second-order valence-corrected chi connectivity index (χ2v) is 6.73. The van der Waals surface area contributed by atoms with E-state index in [9.17, 15) is 8.42 Å². The topological polar surface area (TPSA) is 72.2 Å². The standard InChI is InChI=1S/C16H20N2O2S/c1-11-6-4-7-12(2)14(11)10-18-15-8-5-9-16(13(15)3)21(17,19)20/h4-9,18H,10H2,1-3H3,(H2,17,19,20). The van der Waals surface area contributed by atoms with Gasteiger partial charge in [-0.05, 0) is 55.2 Å². The van der Waals surface area contributed by atoms with Gasteiger partial charge >= 0.3 is 0 Å². The molecule has 0 saturated carbocycles. The molecule has 0 atom stereocenters. The maximum Gasteiger partial charge on any atom is 0.238 e. The molecule has 21 heavy (non-hydrogen) atoms. The molecule has 0 fully saturated rings. The van der Waals surface area contributed by atoms with Crippen LogP contribution in [0.3, 0.4) is 0 Å². The predicted octanol–water partition coefficient (Wildman–Crippen LogP) is 2.87. The van der Waals surface area contributed by atoms with Crippen LogP contribution in [0.1, 0.15) is 22.3 Å². The van der Waals surface area contributed by atoms with Crippen LogP contribution in [-0.4, -0.2) is 8.42 Å². The summed E-state index contributed by atoms with van der Waals surface area (Å²) in [5, 5.41) is 8.53. The minimum Gasteiger partial charge on any atom is -0.381 e. The maximum atomic E-state index is 11.5. The first-order valence-electron chi connectivity index (χ1n) is 6.72. The van der Waals surface area contributed by atoms with Crippen molar-refractivity contribution in [2.24, 2.45) is 5.14 Å². The van der Waals surface area contributed by atoms with E-state index in [1.54, 1.807) is 13.0 Å². The van der Waals surface area contributed by atoms with Crippen molar-refractivity contribution in [2.75, 3.05) is 5.32 Å². The van der Waals surface area contributed by atoms with Crippen molar-refractivity contribution in [3.05, 3.63) is 58.7 Å². The van der Waals surface area contributed by atoms with Crippen molar-refractivity contribution in [2.45, 2.75) is 32.2 Å².